The molecule has 0 unspecified atom stereocenters. The molecule has 3 nitrogen and oxygen atoms in total. The molecule has 0 bridgehead atoms. The van der Waals surface area contributed by atoms with Gasteiger partial charge in [0.25, 0.3) is 0 Å². The summed E-state index contributed by atoms with van der Waals surface area (Å²) in [6.45, 7) is 0.292. The van der Waals surface area contributed by atoms with Crippen molar-refractivity contribution in [1.29, 1.82) is 0 Å². The van der Waals surface area contributed by atoms with Crippen molar-refractivity contribution in [3.63, 3.8) is 0 Å². The summed E-state index contributed by atoms with van der Waals surface area (Å²) in [6.07, 6.45) is 0. The van der Waals surface area contributed by atoms with Gasteiger partial charge in [-0.25, -0.2) is 0 Å². The number of halogens is 1. The highest BCUT2D eigenvalue weighted by Gasteiger charge is 2.29. The number of ether oxygens (including phenoxy) is 2. The van der Waals surface area contributed by atoms with Crippen LogP contribution in [0.1, 0.15) is 5.56 Å². The van der Waals surface area contributed by atoms with E-state index in [4.69, 9.17) is 15.2 Å². The van der Waals surface area contributed by atoms with Gasteiger partial charge in [-0.15, -0.1) is 0 Å². The van der Waals surface area contributed by atoms with Crippen LogP contribution in [0, 0.1) is 3.57 Å². The molecule has 0 heterocycles. The first-order chi connectivity index (χ1) is 6.68. The van der Waals surface area contributed by atoms with Crippen LogP contribution in [0.4, 0.5) is 0 Å². The topological polar surface area (TPSA) is 44.5 Å². The molecule has 0 spiro atoms. The second kappa shape index (κ2) is 5.06. The van der Waals surface area contributed by atoms with Gasteiger partial charge in [-0.05, 0) is 34.7 Å². The molecule has 4 heteroatoms. The molecule has 0 aliphatic heterocycles. The lowest BCUT2D eigenvalue weighted by Crippen LogP contribution is -2.38. The van der Waals surface area contributed by atoms with Crippen molar-refractivity contribution in [2.24, 2.45) is 5.73 Å². The SMILES string of the molecule is COC(CN)(OC)c1ccc(I)cc1. The van der Waals surface area contributed by atoms with E-state index in [1.54, 1.807) is 14.2 Å². The van der Waals surface area contributed by atoms with Gasteiger partial charge in [0.05, 0.1) is 6.54 Å². The van der Waals surface area contributed by atoms with Gasteiger partial charge in [-0.1, -0.05) is 12.1 Å². The van der Waals surface area contributed by atoms with Crippen molar-refractivity contribution in [2.45, 2.75) is 5.79 Å². The monoisotopic (exact) mass is 307 g/mol. The van der Waals surface area contributed by atoms with Crippen molar-refractivity contribution in [1.82, 2.24) is 0 Å². The van der Waals surface area contributed by atoms with Gasteiger partial charge in [0.1, 0.15) is 0 Å². The van der Waals surface area contributed by atoms with E-state index >= 15 is 0 Å². The zero-order valence-corrected chi connectivity index (χ0v) is 10.4. The molecule has 2 N–H and O–H groups in total. The number of methoxy groups -OCH3 is 2. The van der Waals surface area contributed by atoms with Crippen LogP contribution in [-0.2, 0) is 15.3 Å². The Bertz CT molecular complexity index is 274. The molecule has 0 aliphatic rings. The molecular weight excluding hydrogens is 293 g/mol. The molecule has 0 aromatic heterocycles. The maximum atomic E-state index is 5.65. The molecule has 0 saturated heterocycles. The maximum absolute atomic E-state index is 5.65. The fraction of sp³-hybridized carbons (Fsp3) is 0.400. The molecule has 0 amide bonds. The Hall–Kier alpha value is -0.170. The van der Waals surface area contributed by atoms with Gasteiger partial charge in [0, 0.05) is 23.4 Å². The summed E-state index contributed by atoms with van der Waals surface area (Å²) in [5.74, 6) is -0.815. The van der Waals surface area contributed by atoms with E-state index < -0.39 is 5.79 Å². The van der Waals surface area contributed by atoms with Gasteiger partial charge < -0.3 is 15.2 Å². The number of rotatable bonds is 4. The first-order valence-electron chi connectivity index (χ1n) is 4.25. The fourth-order valence-corrected chi connectivity index (χ4v) is 1.67. The summed E-state index contributed by atoms with van der Waals surface area (Å²) < 4.78 is 11.8. The smallest absolute Gasteiger partial charge is 0.207 e. The molecule has 1 aromatic carbocycles. The van der Waals surface area contributed by atoms with Crippen molar-refractivity contribution in [2.75, 3.05) is 20.8 Å². The van der Waals surface area contributed by atoms with Crippen LogP contribution in [0.15, 0.2) is 24.3 Å². The molecular formula is C10H14INO2. The lowest BCUT2D eigenvalue weighted by molar-refractivity contribution is -0.207. The lowest BCUT2D eigenvalue weighted by Gasteiger charge is -2.29. The predicted molar refractivity (Wildman–Crippen MR) is 63.9 cm³/mol. The summed E-state index contributed by atoms with van der Waals surface area (Å²) in [7, 11) is 3.18. The lowest BCUT2D eigenvalue weighted by atomic mass is 10.1. The Kier molecular flexibility index (Phi) is 4.31. The van der Waals surface area contributed by atoms with E-state index in [1.807, 2.05) is 24.3 Å². The average molecular weight is 307 g/mol. The zero-order valence-electron chi connectivity index (χ0n) is 8.29. The van der Waals surface area contributed by atoms with Crippen LogP contribution in [0.2, 0.25) is 0 Å². The molecule has 1 aromatic rings. The van der Waals surface area contributed by atoms with Crippen LogP contribution in [-0.4, -0.2) is 20.8 Å². The molecule has 1 rings (SSSR count). The minimum atomic E-state index is -0.815. The van der Waals surface area contributed by atoms with Gasteiger partial charge in [-0.2, -0.15) is 0 Å². The standard InChI is InChI=1S/C10H14INO2/c1-13-10(7-12,14-2)8-3-5-9(11)6-4-8/h3-6H,7,12H2,1-2H3. The third-order valence-corrected chi connectivity index (χ3v) is 2.93. The maximum Gasteiger partial charge on any atom is 0.207 e. The highest BCUT2D eigenvalue weighted by molar-refractivity contribution is 14.1. The van der Waals surface area contributed by atoms with Crippen LogP contribution in [0.5, 0.6) is 0 Å². The van der Waals surface area contributed by atoms with Gasteiger partial charge in [0.15, 0.2) is 0 Å². The predicted octanol–water partition coefficient (Wildman–Crippen LogP) is 1.70. The number of hydrogen-bond donors (Lipinski definition) is 1. The van der Waals surface area contributed by atoms with Crippen LogP contribution in [0.25, 0.3) is 0 Å². The Morgan fingerprint density at radius 1 is 1.21 bits per heavy atom. The summed E-state index contributed by atoms with van der Waals surface area (Å²) in [6, 6.07) is 7.92. The van der Waals surface area contributed by atoms with E-state index in [0.29, 0.717) is 6.54 Å². The number of hydrogen-bond acceptors (Lipinski definition) is 3. The normalized spacial score (nSPS) is 11.7. The van der Waals surface area contributed by atoms with Gasteiger partial charge in [0.2, 0.25) is 5.79 Å². The third-order valence-electron chi connectivity index (χ3n) is 2.21. The van der Waals surface area contributed by atoms with E-state index in [2.05, 4.69) is 22.6 Å². The molecule has 0 atom stereocenters. The number of nitrogens with two attached hydrogens (primary N) is 1. The average Bonchev–Trinajstić information content (AvgIpc) is 2.24. The summed E-state index contributed by atoms with van der Waals surface area (Å²) >= 11 is 2.25. The summed E-state index contributed by atoms with van der Waals surface area (Å²) in [4.78, 5) is 0. The Balaban J connectivity index is 3.05. The molecule has 0 aliphatic carbocycles. The van der Waals surface area contributed by atoms with E-state index in [9.17, 15) is 0 Å². The van der Waals surface area contributed by atoms with Crippen LogP contribution in [0.3, 0.4) is 0 Å². The fourth-order valence-electron chi connectivity index (χ4n) is 1.31. The highest BCUT2D eigenvalue weighted by atomic mass is 127. The highest BCUT2D eigenvalue weighted by Crippen LogP contribution is 2.25. The van der Waals surface area contributed by atoms with Crippen LogP contribution >= 0.6 is 22.6 Å². The molecule has 0 saturated carbocycles. The van der Waals surface area contributed by atoms with Crippen LogP contribution < -0.4 is 5.73 Å². The molecule has 14 heavy (non-hydrogen) atoms. The van der Waals surface area contributed by atoms with Gasteiger partial charge in [-0.3, -0.25) is 0 Å². The molecule has 78 valence electrons. The first kappa shape index (κ1) is 11.9. The van der Waals surface area contributed by atoms with Crippen molar-refractivity contribution in [3.05, 3.63) is 33.4 Å². The molecule has 0 radical (unpaired) electrons. The minimum Gasteiger partial charge on any atom is -0.348 e. The summed E-state index contributed by atoms with van der Waals surface area (Å²) in [5, 5.41) is 0. The van der Waals surface area contributed by atoms with E-state index in [0.717, 1.165) is 5.56 Å². The van der Waals surface area contributed by atoms with E-state index in [-0.39, 0.29) is 0 Å². The van der Waals surface area contributed by atoms with Crippen molar-refractivity contribution >= 4 is 22.6 Å². The second-order valence-corrected chi connectivity index (χ2v) is 4.12. The second-order valence-electron chi connectivity index (χ2n) is 2.87. The largest absolute Gasteiger partial charge is 0.348 e. The Labute approximate surface area is 97.7 Å². The number of benzene rings is 1. The third kappa shape index (κ3) is 2.25. The van der Waals surface area contributed by atoms with Gasteiger partial charge >= 0.3 is 0 Å². The Morgan fingerprint density at radius 3 is 2.07 bits per heavy atom. The van der Waals surface area contributed by atoms with Crippen molar-refractivity contribution in [3.8, 4) is 0 Å². The Morgan fingerprint density at radius 2 is 1.71 bits per heavy atom. The minimum absolute atomic E-state index is 0.292. The quantitative estimate of drug-likeness (QED) is 0.680. The first-order valence-corrected chi connectivity index (χ1v) is 5.33. The zero-order chi connectivity index (χ0) is 10.6. The van der Waals surface area contributed by atoms with Crippen molar-refractivity contribution < 1.29 is 9.47 Å². The van der Waals surface area contributed by atoms with E-state index in [1.165, 1.54) is 3.57 Å². The molecule has 0 fully saturated rings. The summed E-state index contributed by atoms with van der Waals surface area (Å²) in [5.41, 5.74) is 6.58.